The fourth-order valence-corrected chi connectivity index (χ4v) is 3.06. The Kier molecular flexibility index (Phi) is 5.68. The zero-order chi connectivity index (χ0) is 12.0. The third kappa shape index (κ3) is 4.01. The maximum absolute atomic E-state index is 9.23. The monoisotopic (exact) mass is 261 g/mol. The lowest BCUT2D eigenvalue weighted by Crippen LogP contribution is -2.43. The van der Waals surface area contributed by atoms with E-state index in [9.17, 15) is 5.11 Å². The number of hydrogen-bond acceptors (Lipinski definition) is 6. The first-order chi connectivity index (χ1) is 7.63. The number of hydrogen-bond donors (Lipinski definition) is 2. The van der Waals surface area contributed by atoms with Gasteiger partial charge >= 0.3 is 0 Å². The molecule has 1 aromatic rings. The second-order valence-electron chi connectivity index (χ2n) is 3.90. The van der Waals surface area contributed by atoms with Crippen LogP contribution in [0, 0.1) is 0 Å². The highest BCUT2D eigenvalue weighted by Crippen LogP contribution is 2.23. The molecule has 0 bridgehead atoms. The molecule has 0 fully saturated rings. The highest BCUT2D eigenvalue weighted by Gasteiger charge is 2.20. The predicted octanol–water partition coefficient (Wildman–Crippen LogP) is 1.55. The van der Waals surface area contributed by atoms with E-state index in [-0.39, 0.29) is 12.1 Å². The number of likely N-dealkylation sites (N-methyl/N-ethyl adjacent to an activating group) is 1. The van der Waals surface area contributed by atoms with E-state index in [2.05, 4.69) is 21.6 Å². The lowest BCUT2D eigenvalue weighted by Gasteiger charge is -2.26. The van der Waals surface area contributed by atoms with Crippen molar-refractivity contribution in [2.75, 3.05) is 19.4 Å². The zero-order valence-corrected chi connectivity index (χ0v) is 11.6. The van der Waals surface area contributed by atoms with Gasteiger partial charge in [0.1, 0.15) is 5.82 Å². The van der Waals surface area contributed by atoms with Crippen LogP contribution in [0.1, 0.15) is 26.1 Å². The fourth-order valence-electron chi connectivity index (χ4n) is 1.09. The molecule has 0 aliphatic rings. The van der Waals surface area contributed by atoms with Crippen molar-refractivity contribution in [1.82, 2.24) is 14.7 Å². The average molecular weight is 261 g/mol. The van der Waals surface area contributed by atoms with Crippen molar-refractivity contribution >= 4 is 23.3 Å². The van der Waals surface area contributed by atoms with Crippen LogP contribution in [0.5, 0.6) is 0 Å². The van der Waals surface area contributed by atoms with Gasteiger partial charge in [0, 0.05) is 17.7 Å². The Morgan fingerprint density at radius 2 is 2.31 bits per heavy atom. The third-order valence-corrected chi connectivity index (χ3v) is 4.47. The van der Waals surface area contributed by atoms with Gasteiger partial charge in [0.05, 0.1) is 6.61 Å². The Labute approximate surface area is 105 Å². The molecule has 1 heterocycles. The quantitative estimate of drug-likeness (QED) is 0.729. The summed E-state index contributed by atoms with van der Waals surface area (Å²) in [7, 11) is 1.88. The van der Waals surface area contributed by atoms with E-state index in [4.69, 9.17) is 0 Å². The van der Waals surface area contributed by atoms with Crippen LogP contribution < -0.4 is 5.32 Å². The van der Waals surface area contributed by atoms with Gasteiger partial charge in [-0.05, 0) is 31.9 Å². The minimum atomic E-state index is -0.189. The van der Waals surface area contributed by atoms with Crippen LogP contribution in [-0.2, 0) is 6.42 Å². The maximum Gasteiger partial charge on any atom is 0.170 e. The summed E-state index contributed by atoms with van der Waals surface area (Å²) in [6.07, 6.45) is 1.80. The maximum atomic E-state index is 9.23. The van der Waals surface area contributed by atoms with Gasteiger partial charge in [-0.3, -0.25) is 0 Å². The summed E-state index contributed by atoms with van der Waals surface area (Å²) in [5.74, 6) is 1.86. The molecule has 1 unspecified atom stereocenters. The van der Waals surface area contributed by atoms with Crippen LogP contribution in [0.15, 0.2) is 4.34 Å². The SMILES string of the molecule is CCc1nsc(SCCC(C)(CO)NC)n1. The molecule has 0 aliphatic heterocycles. The van der Waals surface area contributed by atoms with E-state index in [1.54, 1.807) is 11.8 Å². The summed E-state index contributed by atoms with van der Waals surface area (Å²) in [6, 6.07) is 0. The lowest BCUT2D eigenvalue weighted by atomic mass is 10.0. The van der Waals surface area contributed by atoms with Crippen LogP contribution in [0.4, 0.5) is 0 Å². The van der Waals surface area contributed by atoms with Crippen LogP contribution in [0.3, 0.4) is 0 Å². The Balaban J connectivity index is 2.35. The fraction of sp³-hybridized carbons (Fsp3) is 0.800. The van der Waals surface area contributed by atoms with E-state index >= 15 is 0 Å². The van der Waals surface area contributed by atoms with Crippen LogP contribution in [0.2, 0.25) is 0 Å². The number of aliphatic hydroxyl groups excluding tert-OH is 1. The Hall–Kier alpha value is -0.170. The van der Waals surface area contributed by atoms with E-state index in [1.807, 2.05) is 14.0 Å². The van der Waals surface area contributed by atoms with Crippen molar-refractivity contribution in [3.05, 3.63) is 5.82 Å². The van der Waals surface area contributed by atoms with E-state index in [0.29, 0.717) is 0 Å². The van der Waals surface area contributed by atoms with Crippen LogP contribution in [-0.4, -0.2) is 39.4 Å². The van der Waals surface area contributed by atoms with Gasteiger partial charge in [0.15, 0.2) is 4.34 Å². The number of rotatable bonds is 7. The minimum absolute atomic E-state index is 0.153. The first-order valence-electron chi connectivity index (χ1n) is 5.38. The lowest BCUT2D eigenvalue weighted by molar-refractivity contribution is 0.179. The number of thioether (sulfide) groups is 1. The first-order valence-corrected chi connectivity index (χ1v) is 7.14. The van der Waals surface area contributed by atoms with Crippen molar-refractivity contribution in [3.8, 4) is 0 Å². The van der Waals surface area contributed by atoms with E-state index in [1.165, 1.54) is 11.5 Å². The molecule has 1 atom stereocenters. The molecule has 0 saturated carbocycles. The van der Waals surface area contributed by atoms with E-state index in [0.717, 1.165) is 28.8 Å². The summed E-state index contributed by atoms with van der Waals surface area (Å²) in [5, 5.41) is 12.4. The Morgan fingerprint density at radius 3 is 2.81 bits per heavy atom. The molecule has 4 nitrogen and oxygen atoms in total. The standard InChI is InChI=1S/C10H19N3OS2/c1-4-8-12-9(16-13-8)15-6-5-10(2,7-14)11-3/h11,14H,4-7H2,1-3H3. The molecule has 0 radical (unpaired) electrons. The zero-order valence-electron chi connectivity index (χ0n) is 9.99. The van der Waals surface area contributed by atoms with Gasteiger partial charge in [-0.1, -0.05) is 18.7 Å². The van der Waals surface area contributed by atoms with Gasteiger partial charge in [-0.15, -0.1) is 0 Å². The van der Waals surface area contributed by atoms with Gasteiger partial charge < -0.3 is 10.4 Å². The van der Waals surface area contributed by atoms with Gasteiger partial charge in [-0.25, -0.2) is 4.98 Å². The number of aryl methyl sites for hydroxylation is 1. The molecule has 1 rings (SSSR count). The smallest absolute Gasteiger partial charge is 0.170 e. The first kappa shape index (κ1) is 13.9. The number of aliphatic hydroxyl groups is 1. The van der Waals surface area contributed by atoms with Gasteiger partial charge in [-0.2, -0.15) is 4.37 Å². The average Bonchev–Trinajstić information content (AvgIpc) is 2.77. The molecule has 92 valence electrons. The highest BCUT2D eigenvalue weighted by atomic mass is 32.2. The second-order valence-corrected chi connectivity index (χ2v) is 5.99. The normalized spacial score (nSPS) is 15.0. The Morgan fingerprint density at radius 1 is 1.56 bits per heavy atom. The summed E-state index contributed by atoms with van der Waals surface area (Å²) in [4.78, 5) is 4.39. The van der Waals surface area contributed by atoms with Crippen molar-refractivity contribution < 1.29 is 5.11 Å². The predicted molar refractivity (Wildman–Crippen MR) is 69.2 cm³/mol. The third-order valence-electron chi connectivity index (χ3n) is 2.60. The number of aromatic nitrogens is 2. The highest BCUT2D eigenvalue weighted by molar-refractivity contribution is 8.00. The molecule has 16 heavy (non-hydrogen) atoms. The van der Waals surface area contributed by atoms with Gasteiger partial charge in [0.2, 0.25) is 0 Å². The Bertz CT molecular complexity index is 313. The minimum Gasteiger partial charge on any atom is -0.394 e. The molecule has 0 saturated heterocycles. The van der Waals surface area contributed by atoms with Crippen molar-refractivity contribution in [1.29, 1.82) is 0 Å². The van der Waals surface area contributed by atoms with Crippen molar-refractivity contribution in [2.45, 2.75) is 36.6 Å². The second kappa shape index (κ2) is 6.54. The summed E-state index contributed by atoms with van der Waals surface area (Å²) < 4.78 is 5.26. The van der Waals surface area contributed by atoms with Gasteiger partial charge in [0.25, 0.3) is 0 Å². The number of nitrogens with one attached hydrogen (secondary N) is 1. The molecule has 2 N–H and O–H groups in total. The van der Waals surface area contributed by atoms with E-state index < -0.39 is 0 Å². The summed E-state index contributed by atoms with van der Waals surface area (Å²) in [6.45, 7) is 4.23. The molecular weight excluding hydrogens is 242 g/mol. The van der Waals surface area contributed by atoms with Crippen LogP contribution >= 0.6 is 23.3 Å². The molecule has 0 amide bonds. The molecule has 0 aliphatic carbocycles. The summed E-state index contributed by atoms with van der Waals surface area (Å²) in [5.41, 5.74) is -0.189. The molecular formula is C10H19N3OS2. The van der Waals surface area contributed by atoms with Crippen LogP contribution in [0.25, 0.3) is 0 Å². The van der Waals surface area contributed by atoms with Crippen molar-refractivity contribution in [3.63, 3.8) is 0 Å². The van der Waals surface area contributed by atoms with Crippen molar-refractivity contribution in [2.24, 2.45) is 0 Å². The molecule has 1 aromatic heterocycles. The number of nitrogens with zero attached hydrogens (tertiary/aromatic N) is 2. The largest absolute Gasteiger partial charge is 0.394 e. The molecule has 6 heteroatoms. The topological polar surface area (TPSA) is 58.0 Å². The molecule has 0 aromatic carbocycles. The summed E-state index contributed by atoms with van der Waals surface area (Å²) >= 11 is 3.17. The molecule has 0 spiro atoms.